The highest BCUT2D eigenvalue weighted by Crippen LogP contribution is 2.67. The largest absolute Gasteiger partial charge is 0.465 e. The number of aliphatic hydroxyl groups is 1. The maximum atomic E-state index is 14.6. The highest BCUT2D eigenvalue weighted by atomic mass is 32.2. The number of allylic oxidation sites excluding steroid dienone is 1. The van der Waals surface area contributed by atoms with Crippen LogP contribution >= 0.6 is 11.8 Å². The van der Waals surface area contributed by atoms with Crippen molar-refractivity contribution in [1.29, 1.82) is 0 Å². The average molecular weight is 541 g/mol. The molecular formula is C30H40N2O5S. The lowest BCUT2D eigenvalue weighted by molar-refractivity contribution is -0.154. The van der Waals surface area contributed by atoms with Gasteiger partial charge in [-0.05, 0) is 63.1 Å². The number of esters is 1. The van der Waals surface area contributed by atoms with Crippen molar-refractivity contribution in [3.63, 3.8) is 0 Å². The summed E-state index contributed by atoms with van der Waals surface area (Å²) in [5.74, 6) is -1.98. The molecule has 6 atom stereocenters. The minimum Gasteiger partial charge on any atom is -0.465 e. The molecule has 2 amide bonds. The summed E-state index contributed by atoms with van der Waals surface area (Å²) in [6, 6.07) is 4.69. The molecule has 206 valence electrons. The summed E-state index contributed by atoms with van der Waals surface area (Å²) in [5, 5.41) is 10.2. The molecule has 2 unspecified atom stereocenters. The Morgan fingerprint density at radius 3 is 2.74 bits per heavy atom. The lowest BCUT2D eigenvalue weighted by Crippen LogP contribution is -2.57. The Balaban J connectivity index is 1.75. The molecule has 0 aromatic heterocycles. The van der Waals surface area contributed by atoms with E-state index in [2.05, 4.69) is 13.2 Å². The molecule has 3 fully saturated rings. The molecule has 0 aliphatic carbocycles. The van der Waals surface area contributed by atoms with Crippen molar-refractivity contribution in [3.8, 4) is 0 Å². The number of amides is 2. The van der Waals surface area contributed by atoms with Crippen LogP contribution in [0.1, 0.15) is 50.2 Å². The Morgan fingerprint density at radius 2 is 2.08 bits per heavy atom. The second-order valence-electron chi connectivity index (χ2n) is 10.7. The Morgan fingerprint density at radius 1 is 1.32 bits per heavy atom. The minimum absolute atomic E-state index is 0.0592. The highest BCUT2D eigenvalue weighted by Gasteiger charge is 2.74. The number of fused-ring (bicyclic) bond motifs is 1. The molecule has 7 nitrogen and oxygen atoms in total. The van der Waals surface area contributed by atoms with Crippen molar-refractivity contribution in [1.82, 2.24) is 4.90 Å². The smallest absolute Gasteiger partial charge is 0.310 e. The van der Waals surface area contributed by atoms with Crippen LogP contribution in [-0.4, -0.2) is 69.6 Å². The monoisotopic (exact) mass is 540 g/mol. The van der Waals surface area contributed by atoms with Crippen LogP contribution in [0.3, 0.4) is 0 Å². The molecule has 38 heavy (non-hydrogen) atoms. The van der Waals surface area contributed by atoms with Gasteiger partial charge in [0, 0.05) is 17.5 Å². The van der Waals surface area contributed by atoms with Gasteiger partial charge in [0.05, 0.1) is 35.8 Å². The number of ether oxygens (including phenoxy) is 1. The summed E-state index contributed by atoms with van der Waals surface area (Å²) >= 11 is 1.62. The minimum atomic E-state index is -0.787. The summed E-state index contributed by atoms with van der Waals surface area (Å²) in [6.07, 6.45) is 6.84. The third-order valence-electron chi connectivity index (χ3n) is 8.35. The molecule has 3 aliphatic rings. The van der Waals surface area contributed by atoms with Crippen LogP contribution in [0.25, 0.3) is 0 Å². The van der Waals surface area contributed by atoms with Gasteiger partial charge in [-0.1, -0.05) is 31.2 Å². The number of carbonyl (C=O) groups excluding carboxylic acids is 3. The third-order valence-corrected chi connectivity index (χ3v) is 10.3. The lowest BCUT2D eigenvalue weighted by Gasteiger charge is -2.39. The van der Waals surface area contributed by atoms with Crippen molar-refractivity contribution in [2.75, 3.05) is 24.7 Å². The van der Waals surface area contributed by atoms with Gasteiger partial charge in [-0.2, -0.15) is 0 Å². The molecule has 1 N–H and O–H groups in total. The van der Waals surface area contributed by atoms with Crippen molar-refractivity contribution in [2.45, 2.75) is 75.0 Å². The van der Waals surface area contributed by atoms with E-state index in [0.717, 1.165) is 29.7 Å². The molecule has 2 bridgehead atoms. The van der Waals surface area contributed by atoms with Crippen molar-refractivity contribution >= 4 is 35.2 Å². The molecular weight excluding hydrogens is 500 g/mol. The van der Waals surface area contributed by atoms with Gasteiger partial charge in [0.2, 0.25) is 5.91 Å². The van der Waals surface area contributed by atoms with Crippen LogP contribution in [0, 0.1) is 25.7 Å². The lowest BCUT2D eigenvalue weighted by atomic mass is 9.71. The van der Waals surface area contributed by atoms with Crippen LogP contribution in [0.5, 0.6) is 0 Å². The number of aliphatic hydroxyl groups excluding tert-OH is 1. The van der Waals surface area contributed by atoms with E-state index in [1.165, 1.54) is 0 Å². The number of aryl methyl sites for hydroxylation is 2. The summed E-state index contributed by atoms with van der Waals surface area (Å²) in [4.78, 5) is 45.4. The Kier molecular flexibility index (Phi) is 8.72. The van der Waals surface area contributed by atoms with Gasteiger partial charge in [0.15, 0.2) is 0 Å². The van der Waals surface area contributed by atoms with Crippen LogP contribution in [-0.2, 0) is 19.1 Å². The van der Waals surface area contributed by atoms with E-state index in [9.17, 15) is 19.5 Å². The predicted octanol–water partition coefficient (Wildman–Crippen LogP) is 4.19. The zero-order chi connectivity index (χ0) is 27.6. The van der Waals surface area contributed by atoms with Gasteiger partial charge in [-0.3, -0.25) is 14.4 Å². The number of anilines is 1. The van der Waals surface area contributed by atoms with E-state index in [1.807, 2.05) is 39.0 Å². The van der Waals surface area contributed by atoms with Gasteiger partial charge in [0.25, 0.3) is 5.91 Å². The first-order valence-corrected chi connectivity index (χ1v) is 14.5. The fraction of sp³-hybridized carbons (Fsp3) is 0.567. The van der Waals surface area contributed by atoms with Gasteiger partial charge in [-0.25, -0.2) is 0 Å². The summed E-state index contributed by atoms with van der Waals surface area (Å²) < 4.78 is 4.90. The summed E-state index contributed by atoms with van der Waals surface area (Å²) in [5.41, 5.74) is 2.77. The summed E-state index contributed by atoms with van der Waals surface area (Å²) in [6.45, 7) is 13.8. The zero-order valence-corrected chi connectivity index (χ0v) is 23.5. The van der Waals surface area contributed by atoms with Crippen LogP contribution in [0.15, 0.2) is 43.5 Å². The van der Waals surface area contributed by atoms with E-state index in [4.69, 9.17) is 4.74 Å². The van der Waals surface area contributed by atoms with Crippen molar-refractivity contribution in [3.05, 3.63) is 54.6 Å². The highest BCUT2D eigenvalue weighted by molar-refractivity contribution is 8.02. The van der Waals surface area contributed by atoms with Gasteiger partial charge in [-0.15, -0.1) is 24.9 Å². The number of carbonyl (C=O) groups is 3. The van der Waals surface area contributed by atoms with Crippen LogP contribution < -0.4 is 4.90 Å². The molecule has 0 saturated carbocycles. The van der Waals surface area contributed by atoms with Crippen LogP contribution in [0.4, 0.5) is 5.69 Å². The predicted molar refractivity (Wildman–Crippen MR) is 151 cm³/mol. The molecule has 4 rings (SSSR count). The fourth-order valence-electron chi connectivity index (χ4n) is 6.54. The van der Waals surface area contributed by atoms with Crippen molar-refractivity contribution < 1.29 is 24.2 Å². The second kappa shape index (κ2) is 11.7. The average Bonchev–Trinajstić information content (AvgIpc) is 3.55. The zero-order valence-electron chi connectivity index (χ0n) is 22.7. The van der Waals surface area contributed by atoms with Gasteiger partial charge in [0.1, 0.15) is 6.04 Å². The number of benzene rings is 1. The summed E-state index contributed by atoms with van der Waals surface area (Å²) in [7, 11) is 0. The molecule has 1 aromatic rings. The maximum Gasteiger partial charge on any atom is 0.310 e. The first-order valence-electron chi connectivity index (χ1n) is 13.6. The van der Waals surface area contributed by atoms with E-state index in [1.54, 1.807) is 33.7 Å². The standard InChI is InChI=1S/C30H40N2O5S/c1-6-9-10-16-37-29(36)24-23-13-14-30(38-23)25(24)27(34)32(21(8-3)18-33)26(30)28(35)31(15-7-2)22-17-19(4)11-12-20(22)5/h6-7,11-12,17,21,23-26,33H,1-2,8-10,13-16,18H2,3-5H3/t21-,23+,24-,25-,26?,30?/m0/s1. The fourth-order valence-corrected chi connectivity index (χ4v) is 8.72. The molecule has 1 spiro atoms. The molecule has 0 radical (unpaired) electrons. The topological polar surface area (TPSA) is 87.1 Å². The van der Waals surface area contributed by atoms with E-state index in [0.29, 0.717) is 25.8 Å². The quantitative estimate of drug-likeness (QED) is 0.243. The Bertz CT molecular complexity index is 1100. The maximum absolute atomic E-state index is 14.6. The molecule has 1 aromatic carbocycles. The van der Waals surface area contributed by atoms with Gasteiger partial charge < -0.3 is 19.6 Å². The SMILES string of the molecule is C=CCCCOC(=O)[C@@H]1[C@H]2C(=O)N([C@@H](CC)CO)C(C(=O)N(CC=C)c3cc(C)ccc3C)C23CC[C@H]1S3. The number of unbranched alkanes of at least 4 members (excludes halogenated alkanes) is 1. The second-order valence-corrected chi connectivity index (χ2v) is 12.3. The van der Waals surface area contributed by atoms with Gasteiger partial charge >= 0.3 is 5.97 Å². The normalized spacial score (nSPS) is 28.2. The van der Waals surface area contributed by atoms with E-state index < -0.39 is 28.7 Å². The molecule has 3 heterocycles. The Hall–Kier alpha value is -2.58. The third kappa shape index (κ3) is 4.70. The van der Waals surface area contributed by atoms with Crippen molar-refractivity contribution in [2.24, 2.45) is 11.8 Å². The number of rotatable bonds is 12. The first kappa shape index (κ1) is 28.4. The number of hydrogen-bond acceptors (Lipinski definition) is 6. The molecule has 3 saturated heterocycles. The first-order chi connectivity index (χ1) is 18.2. The Labute approximate surface area is 230 Å². The van der Waals surface area contributed by atoms with Crippen LogP contribution in [0.2, 0.25) is 0 Å². The molecule has 8 heteroatoms. The molecule has 3 aliphatic heterocycles. The van der Waals surface area contributed by atoms with E-state index >= 15 is 0 Å². The van der Waals surface area contributed by atoms with E-state index in [-0.39, 0.29) is 36.2 Å². The number of thioether (sulfide) groups is 1. The number of likely N-dealkylation sites (tertiary alicyclic amines) is 1. The number of hydrogen-bond donors (Lipinski definition) is 1. The number of nitrogens with zero attached hydrogens (tertiary/aromatic N) is 2.